The number of pyridine rings is 1. The molecule has 0 atom stereocenters. The lowest BCUT2D eigenvalue weighted by atomic mass is 10.2. The molecule has 0 bridgehead atoms. The van der Waals surface area contributed by atoms with Crippen LogP contribution in [0.4, 0.5) is 11.4 Å². The van der Waals surface area contributed by atoms with Gasteiger partial charge in [0.25, 0.3) is 5.91 Å². The van der Waals surface area contributed by atoms with Gasteiger partial charge < -0.3 is 10.6 Å². The van der Waals surface area contributed by atoms with E-state index in [1.807, 2.05) is 66.7 Å². The zero-order valence-corrected chi connectivity index (χ0v) is 20.8. The minimum Gasteiger partial charge on any atom is -0.326 e. The second kappa shape index (κ2) is 10.9. The number of aromatic amines is 1. The maximum absolute atomic E-state index is 13.1. The lowest BCUT2D eigenvalue weighted by Crippen LogP contribution is -2.13. The Balaban J connectivity index is 1.34. The summed E-state index contributed by atoms with van der Waals surface area (Å²) in [6.07, 6.45) is 5.63. The first-order valence-corrected chi connectivity index (χ1v) is 12.4. The van der Waals surface area contributed by atoms with Gasteiger partial charge in [0, 0.05) is 39.7 Å². The highest BCUT2D eigenvalue weighted by Gasteiger charge is 2.14. The van der Waals surface area contributed by atoms with Gasteiger partial charge in [-0.3, -0.25) is 19.7 Å². The van der Waals surface area contributed by atoms with E-state index in [9.17, 15) is 9.59 Å². The minimum absolute atomic E-state index is 0.171. The number of rotatable bonds is 7. The van der Waals surface area contributed by atoms with E-state index in [0.29, 0.717) is 16.9 Å². The Kier molecular flexibility index (Phi) is 7.09. The molecular formula is C29H23N5O2S. The fraction of sp³-hybridized carbons (Fsp3) is 0.0345. The average molecular weight is 506 g/mol. The van der Waals surface area contributed by atoms with Crippen molar-refractivity contribution < 1.29 is 9.59 Å². The number of carbonyl (C=O) groups excluding carboxylic acids is 2. The molecular weight excluding hydrogens is 482 g/mol. The van der Waals surface area contributed by atoms with E-state index >= 15 is 0 Å². The molecule has 0 aliphatic carbocycles. The smallest absolute Gasteiger partial charge is 0.256 e. The molecule has 0 fully saturated rings. The van der Waals surface area contributed by atoms with Crippen LogP contribution in [-0.2, 0) is 4.79 Å². The Morgan fingerprint density at radius 1 is 0.865 bits per heavy atom. The molecule has 0 saturated heterocycles. The number of amides is 2. The Bertz CT molecular complexity index is 1610. The summed E-state index contributed by atoms with van der Waals surface area (Å²) in [5, 5.41) is 14.2. The Morgan fingerprint density at radius 2 is 1.68 bits per heavy atom. The predicted octanol–water partition coefficient (Wildman–Crippen LogP) is 6.49. The number of H-pyrrole nitrogens is 1. The number of hydrogen-bond donors (Lipinski definition) is 3. The van der Waals surface area contributed by atoms with Gasteiger partial charge in [-0.1, -0.05) is 36.0 Å². The third-order valence-corrected chi connectivity index (χ3v) is 6.53. The monoisotopic (exact) mass is 505 g/mol. The molecule has 7 nitrogen and oxygen atoms in total. The SMILES string of the molecule is CC(=O)Nc1cccc(NC(=O)c2ccccc2Sc2ccc3c(/C=C/c4ccccn4)n[nH]c3c2)c1. The second-order valence-electron chi connectivity index (χ2n) is 8.22. The number of benzene rings is 3. The Hall–Kier alpha value is -4.69. The minimum atomic E-state index is -0.229. The fourth-order valence-corrected chi connectivity index (χ4v) is 4.78. The number of aromatic nitrogens is 3. The summed E-state index contributed by atoms with van der Waals surface area (Å²) < 4.78 is 0. The van der Waals surface area contributed by atoms with Gasteiger partial charge in [-0.05, 0) is 72.8 Å². The number of carbonyl (C=O) groups is 2. The summed E-state index contributed by atoms with van der Waals surface area (Å²) in [6, 6.07) is 26.4. The van der Waals surface area contributed by atoms with Crippen LogP contribution in [0.25, 0.3) is 23.1 Å². The zero-order valence-electron chi connectivity index (χ0n) is 19.9. The van der Waals surface area contributed by atoms with E-state index in [0.717, 1.165) is 32.1 Å². The highest BCUT2D eigenvalue weighted by molar-refractivity contribution is 7.99. The number of nitrogens with one attached hydrogen (secondary N) is 3. The molecule has 3 aromatic carbocycles. The van der Waals surface area contributed by atoms with E-state index in [-0.39, 0.29) is 11.8 Å². The van der Waals surface area contributed by atoms with Gasteiger partial charge in [0.1, 0.15) is 0 Å². The molecule has 0 aliphatic rings. The van der Waals surface area contributed by atoms with Crippen molar-refractivity contribution >= 4 is 58.0 Å². The van der Waals surface area contributed by atoms with Crippen molar-refractivity contribution in [2.45, 2.75) is 16.7 Å². The molecule has 0 aliphatic heterocycles. The molecule has 0 spiro atoms. The van der Waals surface area contributed by atoms with Gasteiger partial charge >= 0.3 is 0 Å². The highest BCUT2D eigenvalue weighted by Crippen LogP contribution is 2.33. The van der Waals surface area contributed by atoms with Gasteiger partial charge in [0.2, 0.25) is 5.91 Å². The third-order valence-electron chi connectivity index (χ3n) is 5.46. The Morgan fingerprint density at radius 3 is 2.49 bits per heavy atom. The van der Waals surface area contributed by atoms with Crippen LogP contribution in [0.3, 0.4) is 0 Å². The second-order valence-corrected chi connectivity index (χ2v) is 9.33. The number of hydrogen-bond acceptors (Lipinski definition) is 5. The van der Waals surface area contributed by atoms with Gasteiger partial charge in [-0.2, -0.15) is 5.10 Å². The standard InChI is InChI=1S/C29H23N5O2S/c1-19(35)31-21-8-6-9-22(17-21)32-29(36)25-10-2-3-11-28(25)37-23-13-14-24-26(33-34-27(24)18-23)15-12-20-7-4-5-16-30-20/h2-18H,1H3,(H,31,35)(H,32,36)(H,33,34)/b15-12+. The molecule has 0 unspecified atom stereocenters. The maximum Gasteiger partial charge on any atom is 0.256 e. The quantitative estimate of drug-likeness (QED) is 0.235. The molecule has 8 heteroatoms. The van der Waals surface area contributed by atoms with Gasteiger partial charge in [-0.25, -0.2) is 0 Å². The van der Waals surface area contributed by atoms with Crippen LogP contribution in [0.15, 0.2) is 101 Å². The van der Waals surface area contributed by atoms with Crippen molar-refractivity contribution in [3.05, 3.63) is 108 Å². The van der Waals surface area contributed by atoms with Gasteiger partial charge in [0.05, 0.1) is 22.5 Å². The number of fused-ring (bicyclic) bond motifs is 1. The molecule has 182 valence electrons. The van der Waals surface area contributed by atoms with Crippen LogP contribution in [0.2, 0.25) is 0 Å². The molecule has 2 aromatic heterocycles. The lowest BCUT2D eigenvalue weighted by Gasteiger charge is -2.11. The Labute approximate surface area is 218 Å². The lowest BCUT2D eigenvalue weighted by molar-refractivity contribution is -0.114. The summed E-state index contributed by atoms with van der Waals surface area (Å²) in [5.41, 5.74) is 4.38. The topological polar surface area (TPSA) is 99.8 Å². The van der Waals surface area contributed by atoms with Crippen molar-refractivity contribution in [1.82, 2.24) is 15.2 Å². The number of anilines is 2. The van der Waals surface area contributed by atoms with E-state index in [4.69, 9.17) is 0 Å². The first-order chi connectivity index (χ1) is 18.0. The van der Waals surface area contributed by atoms with Crippen LogP contribution >= 0.6 is 11.8 Å². The highest BCUT2D eigenvalue weighted by atomic mass is 32.2. The van der Waals surface area contributed by atoms with Crippen molar-refractivity contribution in [2.75, 3.05) is 10.6 Å². The molecule has 2 heterocycles. The van der Waals surface area contributed by atoms with Crippen LogP contribution < -0.4 is 10.6 Å². The van der Waals surface area contributed by atoms with Crippen LogP contribution in [0, 0.1) is 0 Å². The largest absolute Gasteiger partial charge is 0.326 e. The fourth-order valence-electron chi connectivity index (χ4n) is 3.80. The maximum atomic E-state index is 13.1. The van der Waals surface area contributed by atoms with Crippen molar-refractivity contribution in [2.24, 2.45) is 0 Å². The first kappa shape index (κ1) is 24.0. The first-order valence-electron chi connectivity index (χ1n) is 11.6. The van der Waals surface area contributed by atoms with E-state index < -0.39 is 0 Å². The van der Waals surface area contributed by atoms with E-state index in [1.54, 1.807) is 36.5 Å². The third kappa shape index (κ3) is 5.94. The summed E-state index contributed by atoms with van der Waals surface area (Å²) in [5.74, 6) is -0.400. The van der Waals surface area contributed by atoms with Crippen molar-refractivity contribution in [3.8, 4) is 0 Å². The summed E-state index contributed by atoms with van der Waals surface area (Å²) >= 11 is 1.51. The molecule has 2 amide bonds. The molecule has 3 N–H and O–H groups in total. The molecule has 37 heavy (non-hydrogen) atoms. The van der Waals surface area contributed by atoms with Crippen LogP contribution in [0.5, 0.6) is 0 Å². The van der Waals surface area contributed by atoms with Gasteiger partial charge in [0.15, 0.2) is 0 Å². The normalized spacial score (nSPS) is 11.1. The molecule has 5 rings (SSSR count). The summed E-state index contributed by atoms with van der Waals surface area (Å²) in [6.45, 7) is 1.44. The zero-order chi connectivity index (χ0) is 25.6. The summed E-state index contributed by atoms with van der Waals surface area (Å²) in [4.78, 5) is 30.6. The van der Waals surface area contributed by atoms with Crippen LogP contribution in [-0.4, -0.2) is 27.0 Å². The number of nitrogens with zero attached hydrogens (tertiary/aromatic N) is 2. The van der Waals surface area contributed by atoms with E-state index in [2.05, 4.69) is 25.8 Å². The average Bonchev–Trinajstić information content (AvgIpc) is 3.30. The molecule has 0 saturated carbocycles. The summed E-state index contributed by atoms with van der Waals surface area (Å²) in [7, 11) is 0. The van der Waals surface area contributed by atoms with Crippen LogP contribution in [0.1, 0.15) is 28.7 Å². The van der Waals surface area contributed by atoms with Crippen molar-refractivity contribution in [3.63, 3.8) is 0 Å². The van der Waals surface area contributed by atoms with E-state index in [1.165, 1.54) is 18.7 Å². The van der Waals surface area contributed by atoms with Crippen molar-refractivity contribution in [1.29, 1.82) is 0 Å². The molecule has 0 radical (unpaired) electrons. The van der Waals surface area contributed by atoms with Gasteiger partial charge in [-0.15, -0.1) is 0 Å². The molecule has 5 aromatic rings. The predicted molar refractivity (Wildman–Crippen MR) is 149 cm³/mol.